The van der Waals surface area contributed by atoms with Crippen molar-refractivity contribution < 1.29 is 4.74 Å². The van der Waals surface area contributed by atoms with Crippen LogP contribution in [0.5, 0.6) is 0 Å². The number of imidazole rings is 1. The third-order valence-electron chi connectivity index (χ3n) is 5.28. The Morgan fingerprint density at radius 2 is 1.96 bits per heavy atom. The Balaban J connectivity index is 1.64. The lowest BCUT2D eigenvalue weighted by atomic mass is 9.94. The van der Waals surface area contributed by atoms with Crippen molar-refractivity contribution in [3.63, 3.8) is 0 Å². The van der Waals surface area contributed by atoms with Crippen LogP contribution in [0.2, 0.25) is 0 Å². The molecule has 142 valence electrons. The van der Waals surface area contributed by atoms with Gasteiger partial charge in [-0.2, -0.15) is 0 Å². The number of fused-ring (bicyclic) bond motifs is 1. The van der Waals surface area contributed by atoms with Crippen LogP contribution in [0.1, 0.15) is 39.4 Å². The van der Waals surface area contributed by atoms with Crippen molar-refractivity contribution in [1.82, 2.24) is 13.9 Å². The molecule has 0 saturated carbocycles. The number of hydrogen-bond donors (Lipinski definition) is 1. The van der Waals surface area contributed by atoms with Crippen molar-refractivity contribution in [2.45, 2.75) is 56.5 Å². The summed E-state index contributed by atoms with van der Waals surface area (Å²) in [5.41, 5.74) is 8.29. The van der Waals surface area contributed by atoms with Gasteiger partial charge in [-0.25, -0.2) is 9.29 Å². The molecule has 0 bridgehead atoms. The van der Waals surface area contributed by atoms with Crippen LogP contribution in [0.15, 0.2) is 23.1 Å². The molecule has 0 aliphatic carbocycles. The van der Waals surface area contributed by atoms with Crippen LogP contribution in [-0.4, -0.2) is 46.2 Å². The minimum Gasteiger partial charge on any atom is -0.381 e. The van der Waals surface area contributed by atoms with Gasteiger partial charge in [-0.1, -0.05) is 20.8 Å². The smallest absolute Gasteiger partial charge is 0.115 e. The molecule has 5 nitrogen and oxygen atoms in total. The van der Waals surface area contributed by atoms with Gasteiger partial charge in [0.25, 0.3) is 0 Å². The Bertz CT molecular complexity index is 770. The predicted octanol–water partition coefficient (Wildman–Crippen LogP) is 3.41. The molecule has 1 aromatic heterocycles. The summed E-state index contributed by atoms with van der Waals surface area (Å²) in [4.78, 5) is 6.30. The molecule has 2 aromatic rings. The van der Waals surface area contributed by atoms with Crippen molar-refractivity contribution in [3.05, 3.63) is 24.0 Å². The summed E-state index contributed by atoms with van der Waals surface area (Å²) in [5, 5.41) is 0. The lowest BCUT2D eigenvalue weighted by Crippen LogP contribution is -2.51. The fourth-order valence-corrected chi connectivity index (χ4v) is 4.93. The van der Waals surface area contributed by atoms with E-state index in [0.717, 1.165) is 51.2 Å². The highest BCUT2D eigenvalue weighted by atomic mass is 32.2. The first-order valence-electron chi connectivity index (χ1n) is 9.67. The summed E-state index contributed by atoms with van der Waals surface area (Å²) in [5.74, 6) is 1.87. The van der Waals surface area contributed by atoms with E-state index in [-0.39, 0.29) is 5.41 Å². The van der Waals surface area contributed by atoms with Gasteiger partial charge < -0.3 is 15.0 Å². The van der Waals surface area contributed by atoms with E-state index in [0.29, 0.717) is 12.0 Å². The summed E-state index contributed by atoms with van der Waals surface area (Å²) in [6.07, 6.45) is 2.29. The fraction of sp³-hybridized carbons (Fsp3) is 0.650. The molecule has 2 aliphatic heterocycles. The summed E-state index contributed by atoms with van der Waals surface area (Å²) >= 11 is 1.79. The third kappa shape index (κ3) is 3.79. The Hall–Kier alpha value is -1.08. The minimum absolute atomic E-state index is 0.0295. The molecule has 0 spiro atoms. The number of nitrogens with two attached hydrogens (primary N) is 1. The van der Waals surface area contributed by atoms with E-state index in [1.807, 2.05) is 0 Å². The summed E-state index contributed by atoms with van der Waals surface area (Å²) in [6, 6.07) is 7.04. The summed E-state index contributed by atoms with van der Waals surface area (Å²) in [7, 11) is 0. The van der Waals surface area contributed by atoms with Crippen LogP contribution in [-0.2, 0) is 16.7 Å². The highest BCUT2D eigenvalue weighted by Crippen LogP contribution is 2.33. The van der Waals surface area contributed by atoms with Crippen molar-refractivity contribution in [2.24, 2.45) is 11.7 Å². The maximum absolute atomic E-state index is 5.89. The van der Waals surface area contributed by atoms with Gasteiger partial charge in [0.05, 0.1) is 11.0 Å². The van der Waals surface area contributed by atoms with E-state index in [1.54, 1.807) is 11.9 Å². The average Bonchev–Trinajstić information content (AvgIpc) is 2.93. The van der Waals surface area contributed by atoms with Crippen LogP contribution in [0.3, 0.4) is 0 Å². The van der Waals surface area contributed by atoms with E-state index in [2.05, 4.69) is 47.8 Å². The molecule has 0 atom stereocenters. The maximum Gasteiger partial charge on any atom is 0.115 e. The lowest BCUT2D eigenvalue weighted by Gasteiger charge is -2.35. The number of aromatic nitrogens is 2. The van der Waals surface area contributed by atoms with Crippen molar-refractivity contribution >= 4 is 23.0 Å². The Morgan fingerprint density at radius 3 is 2.62 bits per heavy atom. The number of ether oxygens (including phenoxy) is 1. The molecule has 0 unspecified atom stereocenters. The van der Waals surface area contributed by atoms with Crippen LogP contribution in [0.25, 0.3) is 11.0 Å². The quantitative estimate of drug-likeness (QED) is 0.831. The zero-order chi connectivity index (χ0) is 18.3. The molecular weight excluding hydrogens is 344 g/mol. The van der Waals surface area contributed by atoms with Crippen LogP contribution in [0.4, 0.5) is 0 Å². The number of benzene rings is 1. The van der Waals surface area contributed by atoms with Gasteiger partial charge in [0.1, 0.15) is 5.82 Å². The van der Waals surface area contributed by atoms with Crippen LogP contribution < -0.4 is 5.73 Å². The van der Waals surface area contributed by atoms with E-state index in [4.69, 9.17) is 15.5 Å². The summed E-state index contributed by atoms with van der Waals surface area (Å²) < 4.78 is 10.3. The highest BCUT2D eigenvalue weighted by molar-refractivity contribution is 7.97. The normalized spacial score (nSPS) is 20.6. The van der Waals surface area contributed by atoms with E-state index < -0.39 is 0 Å². The molecule has 4 rings (SSSR count). The van der Waals surface area contributed by atoms with Gasteiger partial charge >= 0.3 is 0 Å². The molecular formula is C20H30N4OS. The Labute approximate surface area is 160 Å². The second kappa shape index (κ2) is 7.15. The standard InChI is InChI=1S/C20H30N4OS/c1-20(2,3)19-22-17-10-16(26-23-12-15(21)13-23)4-5-18(17)24(19)11-14-6-8-25-9-7-14/h4-5,10,14-15H,6-9,11-13,21H2,1-3H3. The SMILES string of the molecule is CC(C)(C)c1nc2cc(SN3CC(N)C3)ccc2n1CC1CCOCC1. The molecule has 2 N–H and O–H groups in total. The largest absolute Gasteiger partial charge is 0.381 e. The second-order valence-electron chi connectivity index (χ2n) is 8.70. The second-order valence-corrected chi connectivity index (χ2v) is 9.87. The molecule has 0 radical (unpaired) electrons. The van der Waals surface area contributed by atoms with E-state index in [1.165, 1.54) is 16.2 Å². The van der Waals surface area contributed by atoms with Gasteiger partial charge in [-0.15, -0.1) is 0 Å². The molecule has 2 fully saturated rings. The van der Waals surface area contributed by atoms with Crippen molar-refractivity contribution in [1.29, 1.82) is 0 Å². The highest BCUT2D eigenvalue weighted by Gasteiger charge is 2.27. The molecule has 2 aliphatic rings. The Kier molecular flexibility index (Phi) is 5.03. The first-order chi connectivity index (χ1) is 12.4. The summed E-state index contributed by atoms with van der Waals surface area (Å²) in [6.45, 7) is 11.5. The number of rotatable bonds is 4. The predicted molar refractivity (Wildman–Crippen MR) is 107 cm³/mol. The monoisotopic (exact) mass is 374 g/mol. The minimum atomic E-state index is 0.0295. The van der Waals surface area contributed by atoms with E-state index >= 15 is 0 Å². The van der Waals surface area contributed by atoms with Crippen molar-refractivity contribution in [3.8, 4) is 0 Å². The Morgan fingerprint density at radius 1 is 1.23 bits per heavy atom. The zero-order valence-electron chi connectivity index (χ0n) is 16.1. The molecule has 26 heavy (non-hydrogen) atoms. The topological polar surface area (TPSA) is 56.3 Å². The number of hydrogen-bond acceptors (Lipinski definition) is 5. The molecule has 2 saturated heterocycles. The average molecular weight is 375 g/mol. The van der Waals surface area contributed by atoms with Gasteiger partial charge in [-0.05, 0) is 48.9 Å². The first kappa shape index (κ1) is 18.3. The molecule has 1 aromatic carbocycles. The van der Waals surface area contributed by atoms with Gasteiger partial charge in [0, 0.05) is 49.2 Å². The zero-order valence-corrected chi connectivity index (χ0v) is 16.9. The van der Waals surface area contributed by atoms with Crippen LogP contribution >= 0.6 is 11.9 Å². The van der Waals surface area contributed by atoms with Gasteiger partial charge in [-0.3, -0.25) is 0 Å². The maximum atomic E-state index is 5.89. The van der Waals surface area contributed by atoms with E-state index in [9.17, 15) is 0 Å². The van der Waals surface area contributed by atoms with Gasteiger partial charge in [0.2, 0.25) is 0 Å². The first-order valence-corrected chi connectivity index (χ1v) is 10.4. The fourth-order valence-electron chi connectivity index (χ4n) is 3.80. The van der Waals surface area contributed by atoms with Gasteiger partial charge in [0.15, 0.2) is 0 Å². The third-order valence-corrected chi connectivity index (χ3v) is 6.30. The van der Waals surface area contributed by atoms with Crippen LogP contribution in [0, 0.1) is 5.92 Å². The number of nitrogens with zero attached hydrogens (tertiary/aromatic N) is 3. The molecule has 6 heteroatoms. The molecule has 0 amide bonds. The van der Waals surface area contributed by atoms with Crippen molar-refractivity contribution in [2.75, 3.05) is 26.3 Å². The molecule has 3 heterocycles. The lowest BCUT2D eigenvalue weighted by molar-refractivity contribution is 0.0611.